The first-order valence-electron chi connectivity index (χ1n) is 10.9. The molecule has 0 radical (unpaired) electrons. The van der Waals surface area contributed by atoms with Gasteiger partial charge in [0.2, 0.25) is 11.6 Å². The Morgan fingerprint density at radius 2 is 1.53 bits per heavy atom. The molecule has 8 heteroatoms. The molecule has 0 bridgehead atoms. The second kappa shape index (κ2) is 6.62. The largest absolute Gasteiger partial charge is 0.504 e. The molecule has 0 unspecified atom stereocenters. The number of carbonyl (C=O) groups is 5. The van der Waals surface area contributed by atoms with Crippen LogP contribution in [0.2, 0.25) is 0 Å². The van der Waals surface area contributed by atoms with Crippen molar-refractivity contribution in [2.45, 2.75) is 73.0 Å². The van der Waals surface area contributed by atoms with E-state index in [1.807, 2.05) is 0 Å². The standard InChI is InChI=1S/C24H28O8/c1-10-7-24(10)20(30)14-15(17(28)21(24)32-12(3)26)23(6)9-13(31-11(2)25)8-22(4,5)19(23)18(29)16(14)27/h10,13,21,29H,7-9H2,1-6H3/t10-,13-,21-,23+,24+/m0/s1. The van der Waals surface area contributed by atoms with Crippen molar-refractivity contribution in [3.05, 3.63) is 22.5 Å². The van der Waals surface area contributed by atoms with E-state index < -0.39 is 63.5 Å². The van der Waals surface area contributed by atoms with Crippen molar-refractivity contribution in [1.29, 1.82) is 0 Å². The van der Waals surface area contributed by atoms with E-state index in [9.17, 15) is 29.1 Å². The molecule has 4 aliphatic rings. The quantitative estimate of drug-likeness (QED) is 0.509. The van der Waals surface area contributed by atoms with Gasteiger partial charge in [0.15, 0.2) is 17.6 Å². The number of aliphatic hydroxyl groups is 1. The van der Waals surface area contributed by atoms with Crippen molar-refractivity contribution in [3.8, 4) is 0 Å². The van der Waals surface area contributed by atoms with Crippen LogP contribution in [0, 0.1) is 22.2 Å². The van der Waals surface area contributed by atoms with Crippen LogP contribution in [0.1, 0.15) is 60.8 Å². The van der Waals surface area contributed by atoms with Crippen LogP contribution < -0.4 is 0 Å². The summed E-state index contributed by atoms with van der Waals surface area (Å²) in [7, 11) is 0. The Bertz CT molecular complexity index is 1060. The molecule has 0 aromatic rings. The monoisotopic (exact) mass is 444 g/mol. The van der Waals surface area contributed by atoms with Crippen molar-refractivity contribution in [2.75, 3.05) is 0 Å². The van der Waals surface area contributed by atoms with Crippen molar-refractivity contribution in [3.63, 3.8) is 0 Å². The fourth-order valence-electron chi connectivity index (χ4n) is 6.58. The molecule has 2 saturated carbocycles. The van der Waals surface area contributed by atoms with Crippen LogP contribution in [-0.2, 0) is 33.4 Å². The van der Waals surface area contributed by atoms with Crippen LogP contribution in [0.25, 0.3) is 0 Å². The zero-order valence-electron chi connectivity index (χ0n) is 19.2. The molecule has 0 amide bonds. The minimum absolute atomic E-state index is 0.0406. The molecule has 1 N–H and O–H groups in total. The predicted molar refractivity (Wildman–Crippen MR) is 110 cm³/mol. The van der Waals surface area contributed by atoms with Gasteiger partial charge in [-0.1, -0.05) is 27.7 Å². The maximum Gasteiger partial charge on any atom is 0.303 e. The number of fused-ring (bicyclic) bond motifs is 2. The van der Waals surface area contributed by atoms with E-state index >= 15 is 0 Å². The summed E-state index contributed by atoms with van der Waals surface area (Å²) < 4.78 is 10.9. The number of hydrogen-bond donors (Lipinski definition) is 1. The first-order chi connectivity index (χ1) is 14.7. The molecule has 4 aliphatic carbocycles. The van der Waals surface area contributed by atoms with Crippen molar-refractivity contribution in [1.82, 2.24) is 0 Å². The highest BCUT2D eigenvalue weighted by Crippen LogP contribution is 2.65. The molecule has 2 fully saturated rings. The number of hydrogen-bond acceptors (Lipinski definition) is 8. The lowest BCUT2D eigenvalue weighted by Crippen LogP contribution is -2.56. The Morgan fingerprint density at radius 1 is 0.969 bits per heavy atom. The number of esters is 2. The summed E-state index contributed by atoms with van der Waals surface area (Å²) in [5.41, 5.74) is -3.31. The summed E-state index contributed by atoms with van der Waals surface area (Å²) in [5.74, 6) is -3.94. The highest BCUT2D eigenvalue weighted by molar-refractivity contribution is 6.35. The number of ether oxygens (including phenoxy) is 2. The molecule has 0 aromatic carbocycles. The van der Waals surface area contributed by atoms with Gasteiger partial charge in [0.05, 0.1) is 11.0 Å². The molecule has 0 saturated heterocycles. The van der Waals surface area contributed by atoms with Crippen molar-refractivity contribution < 1.29 is 38.6 Å². The number of allylic oxidation sites excluding steroid dienone is 2. The van der Waals surface area contributed by atoms with Gasteiger partial charge in [-0.2, -0.15) is 0 Å². The van der Waals surface area contributed by atoms with Crippen molar-refractivity contribution >= 4 is 29.3 Å². The average Bonchev–Trinajstić information content (AvgIpc) is 3.29. The van der Waals surface area contributed by atoms with E-state index in [0.717, 1.165) is 0 Å². The Balaban J connectivity index is 1.95. The normalized spacial score (nSPS) is 37.8. The Hall–Kier alpha value is -2.77. The third-order valence-electron chi connectivity index (χ3n) is 7.67. The average molecular weight is 444 g/mol. The molecular weight excluding hydrogens is 416 g/mol. The lowest BCUT2D eigenvalue weighted by molar-refractivity contribution is -0.161. The SMILES string of the molecule is CC(=O)O[C@H]1CC(C)(C)C2=C(O)C(=O)C3=C(C(=O)[C@H](OC(C)=O)[C@@]4(C[C@@H]4C)C3=O)[C@@]2(C)C1. The van der Waals surface area contributed by atoms with Crippen LogP contribution in [0.5, 0.6) is 0 Å². The molecule has 5 atom stereocenters. The lowest BCUT2D eigenvalue weighted by atomic mass is 9.51. The van der Waals surface area contributed by atoms with Crippen LogP contribution in [0.3, 0.4) is 0 Å². The van der Waals surface area contributed by atoms with Crippen LogP contribution in [0.4, 0.5) is 0 Å². The third-order valence-corrected chi connectivity index (χ3v) is 7.67. The molecular formula is C24H28O8. The molecule has 4 rings (SSSR count). The van der Waals surface area contributed by atoms with E-state index in [-0.39, 0.29) is 23.5 Å². The summed E-state index contributed by atoms with van der Waals surface area (Å²) in [6, 6.07) is 0. The minimum Gasteiger partial charge on any atom is -0.504 e. The fraction of sp³-hybridized carbons (Fsp3) is 0.625. The van der Waals surface area contributed by atoms with Gasteiger partial charge in [-0.05, 0) is 36.2 Å². The topological polar surface area (TPSA) is 124 Å². The summed E-state index contributed by atoms with van der Waals surface area (Å²) >= 11 is 0. The number of rotatable bonds is 2. The maximum atomic E-state index is 13.8. The molecule has 0 aliphatic heterocycles. The van der Waals surface area contributed by atoms with Crippen molar-refractivity contribution in [2.24, 2.45) is 22.2 Å². The summed E-state index contributed by atoms with van der Waals surface area (Å²) in [6.07, 6.45) is -1.12. The summed E-state index contributed by atoms with van der Waals surface area (Å²) in [5, 5.41) is 11.0. The summed E-state index contributed by atoms with van der Waals surface area (Å²) in [4.78, 5) is 64.3. The molecule has 0 aromatic heterocycles. The molecule has 8 nitrogen and oxygen atoms in total. The van der Waals surface area contributed by atoms with Gasteiger partial charge in [-0.25, -0.2) is 0 Å². The molecule has 0 heterocycles. The first kappa shape index (κ1) is 22.4. The van der Waals surface area contributed by atoms with E-state index in [4.69, 9.17) is 9.47 Å². The fourth-order valence-corrected chi connectivity index (χ4v) is 6.58. The lowest BCUT2D eigenvalue weighted by Gasteiger charge is -2.52. The second-order valence-electron chi connectivity index (χ2n) is 10.5. The van der Waals surface area contributed by atoms with Crippen LogP contribution in [-0.4, -0.2) is 46.6 Å². The van der Waals surface area contributed by atoms with Crippen LogP contribution in [0.15, 0.2) is 22.5 Å². The van der Waals surface area contributed by atoms with E-state index in [1.165, 1.54) is 13.8 Å². The van der Waals surface area contributed by atoms with Gasteiger partial charge in [0, 0.05) is 24.8 Å². The van der Waals surface area contributed by atoms with E-state index in [0.29, 0.717) is 18.4 Å². The zero-order valence-corrected chi connectivity index (χ0v) is 19.2. The zero-order chi connectivity index (χ0) is 24.0. The Kier molecular flexibility index (Phi) is 4.64. The van der Waals surface area contributed by atoms with Gasteiger partial charge < -0.3 is 14.6 Å². The molecule has 172 valence electrons. The highest BCUT2D eigenvalue weighted by atomic mass is 16.6. The molecule has 32 heavy (non-hydrogen) atoms. The van der Waals surface area contributed by atoms with Gasteiger partial charge in [0.25, 0.3) is 0 Å². The maximum absolute atomic E-state index is 13.8. The predicted octanol–water partition coefficient (Wildman–Crippen LogP) is 2.55. The van der Waals surface area contributed by atoms with Gasteiger partial charge >= 0.3 is 11.9 Å². The Labute approximate surface area is 186 Å². The van der Waals surface area contributed by atoms with Gasteiger partial charge in [0.1, 0.15) is 6.10 Å². The van der Waals surface area contributed by atoms with Gasteiger partial charge in [-0.15, -0.1) is 0 Å². The summed E-state index contributed by atoms with van der Waals surface area (Å²) in [6.45, 7) is 9.51. The Morgan fingerprint density at radius 3 is 2.03 bits per heavy atom. The van der Waals surface area contributed by atoms with E-state index in [1.54, 1.807) is 27.7 Å². The molecule has 1 spiro atoms. The first-order valence-corrected chi connectivity index (χ1v) is 10.9. The smallest absolute Gasteiger partial charge is 0.303 e. The number of aliphatic hydroxyl groups excluding tert-OH is 1. The van der Waals surface area contributed by atoms with E-state index in [2.05, 4.69) is 0 Å². The number of Topliss-reactive ketones (excluding diaryl/α,β-unsaturated/α-hetero) is 3. The van der Waals surface area contributed by atoms with Crippen LogP contribution >= 0.6 is 0 Å². The third kappa shape index (κ3) is 2.77. The minimum atomic E-state index is -1.32. The highest BCUT2D eigenvalue weighted by Gasteiger charge is 2.72. The second-order valence-corrected chi connectivity index (χ2v) is 10.5. The van der Waals surface area contributed by atoms with Gasteiger partial charge in [-0.3, -0.25) is 24.0 Å². The number of carbonyl (C=O) groups excluding carboxylic acids is 5. The number of ketones is 3.